The number of fused-ring (bicyclic) bond motifs is 1. The average Bonchev–Trinajstić information content (AvgIpc) is 3.10. The molecule has 138 valence electrons. The first kappa shape index (κ1) is 17.4. The molecule has 1 aromatic heterocycles. The van der Waals surface area contributed by atoms with Gasteiger partial charge >= 0.3 is 0 Å². The first-order chi connectivity index (χ1) is 13.1. The van der Waals surface area contributed by atoms with Gasteiger partial charge in [-0.2, -0.15) is 4.98 Å². The number of nitrogens with one attached hydrogen (secondary N) is 2. The van der Waals surface area contributed by atoms with E-state index in [1.54, 1.807) is 0 Å². The predicted octanol–water partition coefficient (Wildman–Crippen LogP) is 4.83. The Morgan fingerprint density at radius 2 is 1.85 bits per heavy atom. The van der Waals surface area contributed by atoms with Crippen LogP contribution in [0.2, 0.25) is 5.02 Å². The molecule has 4 rings (SSSR count). The third-order valence-electron chi connectivity index (χ3n) is 4.19. The summed E-state index contributed by atoms with van der Waals surface area (Å²) in [5.41, 5.74) is 3.83. The fourth-order valence-electron chi connectivity index (χ4n) is 2.76. The third-order valence-corrected chi connectivity index (χ3v) is 4.59. The molecule has 3 aromatic rings. The molecule has 1 aliphatic heterocycles. The summed E-state index contributed by atoms with van der Waals surface area (Å²) >= 11 is 6.20. The van der Waals surface area contributed by atoms with Crippen molar-refractivity contribution >= 4 is 29.1 Å². The van der Waals surface area contributed by atoms with Gasteiger partial charge in [-0.05, 0) is 49.2 Å². The molecule has 0 saturated heterocycles. The average molecular weight is 383 g/mol. The van der Waals surface area contributed by atoms with Gasteiger partial charge in [-0.15, -0.1) is 0 Å². The number of ether oxygens (including phenoxy) is 2. The van der Waals surface area contributed by atoms with Gasteiger partial charge in [-0.3, -0.25) is 0 Å². The molecule has 0 unspecified atom stereocenters. The highest BCUT2D eigenvalue weighted by atomic mass is 35.5. The van der Waals surface area contributed by atoms with E-state index in [0.717, 1.165) is 34.0 Å². The smallest absolute Gasteiger partial charge is 0.231 e. The predicted molar refractivity (Wildman–Crippen MR) is 106 cm³/mol. The lowest BCUT2D eigenvalue weighted by molar-refractivity contribution is 0.174. The van der Waals surface area contributed by atoms with Crippen molar-refractivity contribution in [2.75, 3.05) is 17.4 Å². The fraction of sp³-hybridized carbons (Fsp3) is 0.200. The molecule has 2 aromatic carbocycles. The second-order valence-electron chi connectivity index (χ2n) is 6.35. The monoisotopic (exact) mass is 382 g/mol. The molecule has 7 heteroatoms. The van der Waals surface area contributed by atoms with E-state index in [0.29, 0.717) is 23.3 Å². The highest BCUT2D eigenvalue weighted by Gasteiger charge is 2.13. The van der Waals surface area contributed by atoms with E-state index >= 15 is 0 Å². The largest absolute Gasteiger partial charge is 0.454 e. The number of aryl methyl sites for hydroxylation is 2. The van der Waals surface area contributed by atoms with Gasteiger partial charge in [0.25, 0.3) is 0 Å². The Morgan fingerprint density at radius 1 is 1.00 bits per heavy atom. The topological polar surface area (TPSA) is 68.3 Å². The first-order valence-corrected chi connectivity index (χ1v) is 8.96. The minimum Gasteiger partial charge on any atom is -0.454 e. The van der Waals surface area contributed by atoms with Crippen molar-refractivity contribution in [3.8, 4) is 11.5 Å². The van der Waals surface area contributed by atoms with E-state index in [-0.39, 0.29) is 6.79 Å². The number of benzene rings is 2. The Bertz CT molecular complexity index is 994. The normalized spacial score (nSPS) is 12.1. The minimum atomic E-state index is 0.269. The molecule has 0 aliphatic carbocycles. The van der Waals surface area contributed by atoms with Crippen molar-refractivity contribution in [1.29, 1.82) is 0 Å². The number of rotatable bonds is 5. The highest BCUT2D eigenvalue weighted by Crippen LogP contribution is 2.32. The van der Waals surface area contributed by atoms with Crippen molar-refractivity contribution < 1.29 is 9.47 Å². The lowest BCUT2D eigenvalue weighted by Gasteiger charge is -2.11. The number of halogens is 1. The van der Waals surface area contributed by atoms with E-state index in [2.05, 4.69) is 20.6 Å². The van der Waals surface area contributed by atoms with Gasteiger partial charge in [0.05, 0.1) is 0 Å². The van der Waals surface area contributed by atoms with Crippen LogP contribution in [0.5, 0.6) is 11.5 Å². The molecule has 2 heterocycles. The third kappa shape index (κ3) is 4.06. The van der Waals surface area contributed by atoms with E-state index in [9.17, 15) is 0 Å². The minimum absolute atomic E-state index is 0.269. The number of anilines is 3. The summed E-state index contributed by atoms with van der Waals surface area (Å²) in [7, 11) is 0. The Hall–Kier alpha value is -2.99. The van der Waals surface area contributed by atoms with Crippen LogP contribution < -0.4 is 20.1 Å². The van der Waals surface area contributed by atoms with Crippen LogP contribution in [0.3, 0.4) is 0 Å². The molecule has 0 radical (unpaired) electrons. The molecule has 0 bridgehead atoms. The Morgan fingerprint density at radius 3 is 2.70 bits per heavy atom. The summed E-state index contributed by atoms with van der Waals surface area (Å²) in [4.78, 5) is 8.99. The summed E-state index contributed by atoms with van der Waals surface area (Å²) in [6.45, 7) is 4.75. The summed E-state index contributed by atoms with van der Waals surface area (Å²) in [6, 6.07) is 13.6. The van der Waals surface area contributed by atoms with Crippen LogP contribution in [0.15, 0.2) is 42.5 Å². The van der Waals surface area contributed by atoms with Gasteiger partial charge in [-0.1, -0.05) is 23.7 Å². The van der Waals surface area contributed by atoms with E-state index in [4.69, 9.17) is 21.1 Å². The maximum atomic E-state index is 6.20. The standard InChI is InChI=1S/C20H19ClN4O2/c1-12-3-5-15(9-16(12)21)24-19-7-13(2)23-20(25-19)22-10-14-4-6-17-18(8-14)27-11-26-17/h3-9H,10-11H2,1-2H3,(H2,22,23,24,25). The summed E-state index contributed by atoms with van der Waals surface area (Å²) in [6.07, 6.45) is 0. The zero-order valence-electron chi connectivity index (χ0n) is 15.0. The van der Waals surface area contributed by atoms with Crippen LogP contribution >= 0.6 is 11.6 Å². The van der Waals surface area contributed by atoms with Gasteiger partial charge < -0.3 is 20.1 Å². The van der Waals surface area contributed by atoms with Crippen molar-refractivity contribution in [2.24, 2.45) is 0 Å². The Kier molecular flexibility index (Phi) is 4.73. The van der Waals surface area contributed by atoms with Crippen molar-refractivity contribution in [2.45, 2.75) is 20.4 Å². The van der Waals surface area contributed by atoms with Crippen LogP contribution in [0, 0.1) is 13.8 Å². The SMILES string of the molecule is Cc1cc(Nc2ccc(C)c(Cl)c2)nc(NCc2ccc3c(c2)OCO3)n1. The second-order valence-corrected chi connectivity index (χ2v) is 6.76. The number of nitrogens with zero attached hydrogens (tertiary/aromatic N) is 2. The van der Waals surface area contributed by atoms with Gasteiger partial charge in [-0.25, -0.2) is 4.98 Å². The Labute approximate surface area is 162 Å². The van der Waals surface area contributed by atoms with Crippen LogP contribution in [-0.4, -0.2) is 16.8 Å². The zero-order chi connectivity index (χ0) is 18.8. The summed E-state index contributed by atoms with van der Waals surface area (Å²) in [5.74, 6) is 2.79. The van der Waals surface area contributed by atoms with Crippen molar-refractivity contribution in [3.05, 3.63) is 64.3 Å². The van der Waals surface area contributed by atoms with Gasteiger partial charge in [0.15, 0.2) is 11.5 Å². The molecular weight excluding hydrogens is 364 g/mol. The maximum Gasteiger partial charge on any atom is 0.231 e. The summed E-state index contributed by atoms with van der Waals surface area (Å²) in [5, 5.41) is 7.24. The number of aromatic nitrogens is 2. The lowest BCUT2D eigenvalue weighted by Crippen LogP contribution is -2.06. The highest BCUT2D eigenvalue weighted by molar-refractivity contribution is 6.31. The van der Waals surface area contributed by atoms with Crippen molar-refractivity contribution in [1.82, 2.24) is 9.97 Å². The zero-order valence-corrected chi connectivity index (χ0v) is 15.8. The fourth-order valence-corrected chi connectivity index (χ4v) is 2.94. The molecule has 1 aliphatic rings. The number of hydrogen-bond donors (Lipinski definition) is 2. The van der Waals surface area contributed by atoms with E-state index in [1.165, 1.54) is 0 Å². The molecule has 0 amide bonds. The molecule has 27 heavy (non-hydrogen) atoms. The maximum absolute atomic E-state index is 6.20. The molecule has 0 saturated carbocycles. The first-order valence-electron chi connectivity index (χ1n) is 8.58. The Balaban J connectivity index is 1.47. The van der Waals surface area contributed by atoms with Crippen LogP contribution in [-0.2, 0) is 6.54 Å². The molecule has 0 fully saturated rings. The molecule has 6 nitrogen and oxygen atoms in total. The van der Waals surface area contributed by atoms with Crippen LogP contribution in [0.4, 0.5) is 17.5 Å². The molecular formula is C20H19ClN4O2. The van der Waals surface area contributed by atoms with E-state index < -0.39 is 0 Å². The number of hydrogen-bond acceptors (Lipinski definition) is 6. The quantitative estimate of drug-likeness (QED) is 0.658. The molecule has 0 spiro atoms. The molecule has 2 N–H and O–H groups in total. The lowest BCUT2D eigenvalue weighted by atomic mass is 10.2. The van der Waals surface area contributed by atoms with Crippen LogP contribution in [0.1, 0.15) is 16.8 Å². The van der Waals surface area contributed by atoms with Gasteiger partial charge in [0.2, 0.25) is 12.7 Å². The van der Waals surface area contributed by atoms with Gasteiger partial charge in [0.1, 0.15) is 5.82 Å². The van der Waals surface area contributed by atoms with E-state index in [1.807, 2.05) is 56.3 Å². The van der Waals surface area contributed by atoms with Crippen molar-refractivity contribution in [3.63, 3.8) is 0 Å². The molecule has 0 atom stereocenters. The summed E-state index contributed by atoms with van der Waals surface area (Å²) < 4.78 is 10.7. The second kappa shape index (κ2) is 7.32. The van der Waals surface area contributed by atoms with Crippen LogP contribution in [0.25, 0.3) is 0 Å². The van der Waals surface area contributed by atoms with Gasteiger partial charge in [0, 0.05) is 29.0 Å².